The molecule has 2 heterocycles. The van der Waals surface area contributed by atoms with E-state index < -0.39 is 0 Å². The molecule has 7 heteroatoms. The van der Waals surface area contributed by atoms with Gasteiger partial charge in [-0.3, -0.25) is 14.6 Å². The molecule has 0 saturated heterocycles. The molecule has 0 unspecified atom stereocenters. The van der Waals surface area contributed by atoms with E-state index in [-0.39, 0.29) is 23.8 Å². The lowest BCUT2D eigenvalue weighted by Crippen LogP contribution is -2.22. The van der Waals surface area contributed by atoms with Gasteiger partial charge in [-0.25, -0.2) is 4.98 Å². The van der Waals surface area contributed by atoms with Gasteiger partial charge in [0.25, 0.3) is 5.56 Å². The van der Waals surface area contributed by atoms with Gasteiger partial charge in [0.15, 0.2) is 0 Å². The third kappa shape index (κ3) is 4.51. The van der Waals surface area contributed by atoms with Gasteiger partial charge in [-0.2, -0.15) is 9.78 Å². The van der Waals surface area contributed by atoms with Crippen molar-refractivity contribution in [2.24, 2.45) is 0 Å². The van der Waals surface area contributed by atoms with E-state index in [0.29, 0.717) is 29.2 Å². The Morgan fingerprint density at radius 1 is 1.03 bits per heavy atom. The number of anilines is 1. The van der Waals surface area contributed by atoms with Crippen LogP contribution in [0.1, 0.15) is 29.4 Å². The van der Waals surface area contributed by atoms with Crippen molar-refractivity contribution >= 4 is 11.7 Å². The molecule has 0 aliphatic carbocycles. The number of H-pyrrole nitrogens is 1. The number of nitrogens with zero attached hydrogens (tertiary/aromatic N) is 3. The fourth-order valence-electron chi connectivity index (χ4n) is 3.68. The molecule has 0 aliphatic rings. The topological polar surface area (TPSA) is 92.7 Å². The van der Waals surface area contributed by atoms with E-state index in [2.05, 4.69) is 32.5 Å². The highest BCUT2D eigenvalue weighted by Gasteiger charge is 2.15. The molecule has 2 N–H and O–H groups in total. The summed E-state index contributed by atoms with van der Waals surface area (Å²) < 4.78 is 1.46. The first-order valence-electron chi connectivity index (χ1n) is 10.6. The van der Waals surface area contributed by atoms with Crippen LogP contribution in [-0.4, -0.2) is 25.7 Å². The Kier molecular flexibility index (Phi) is 5.98. The fourth-order valence-corrected chi connectivity index (χ4v) is 3.68. The number of amides is 1. The number of aromatic amines is 1. The van der Waals surface area contributed by atoms with Gasteiger partial charge in [0.05, 0.1) is 12.1 Å². The summed E-state index contributed by atoms with van der Waals surface area (Å²) in [6, 6.07) is 19.8. The Bertz CT molecular complexity index is 1300. The van der Waals surface area contributed by atoms with Crippen molar-refractivity contribution in [2.75, 3.05) is 5.32 Å². The quantitative estimate of drug-likeness (QED) is 0.487. The lowest BCUT2D eigenvalue weighted by atomic mass is 10.0. The number of benzene rings is 2. The van der Waals surface area contributed by atoms with Crippen LogP contribution in [0.4, 0.5) is 5.82 Å². The van der Waals surface area contributed by atoms with E-state index in [4.69, 9.17) is 0 Å². The average molecular weight is 428 g/mol. The van der Waals surface area contributed by atoms with E-state index in [1.807, 2.05) is 56.3 Å². The SMILES string of the molecule is CCc1c(C)nc(-n2nc(C)cc2NC(=O)Cc2ccc(-c3ccccc3)cc2)[nH]c1=O. The largest absolute Gasteiger partial charge is 0.310 e. The maximum Gasteiger partial charge on any atom is 0.255 e. The van der Waals surface area contributed by atoms with Gasteiger partial charge in [-0.05, 0) is 37.0 Å². The molecule has 0 atom stereocenters. The molecule has 4 aromatic rings. The average Bonchev–Trinajstić information content (AvgIpc) is 3.14. The number of nitrogens with one attached hydrogen (secondary N) is 2. The number of carbonyl (C=O) groups is 1. The molecule has 2 aromatic carbocycles. The third-order valence-electron chi connectivity index (χ3n) is 5.29. The number of rotatable bonds is 6. The molecule has 4 rings (SSSR count). The highest BCUT2D eigenvalue weighted by atomic mass is 16.1. The molecule has 162 valence electrons. The maximum absolute atomic E-state index is 12.7. The zero-order chi connectivity index (χ0) is 22.7. The number of hydrogen-bond acceptors (Lipinski definition) is 4. The first kappa shape index (κ1) is 21.2. The molecule has 0 aliphatic heterocycles. The second kappa shape index (κ2) is 9.01. The van der Waals surface area contributed by atoms with Crippen LogP contribution in [0.25, 0.3) is 17.1 Å². The minimum atomic E-state index is -0.195. The molecule has 32 heavy (non-hydrogen) atoms. The van der Waals surface area contributed by atoms with Crippen LogP contribution < -0.4 is 10.9 Å². The first-order chi connectivity index (χ1) is 15.4. The van der Waals surface area contributed by atoms with E-state index in [1.54, 1.807) is 13.0 Å². The van der Waals surface area contributed by atoms with Crippen molar-refractivity contribution in [3.8, 4) is 17.1 Å². The molecule has 2 aromatic heterocycles. The Morgan fingerprint density at radius 2 is 1.72 bits per heavy atom. The molecule has 0 spiro atoms. The monoisotopic (exact) mass is 427 g/mol. The molecule has 0 fully saturated rings. The van der Waals surface area contributed by atoms with Crippen molar-refractivity contribution in [3.05, 3.63) is 93.5 Å². The van der Waals surface area contributed by atoms with Gasteiger partial charge in [-0.1, -0.05) is 61.5 Å². The van der Waals surface area contributed by atoms with Crippen LogP contribution in [0.2, 0.25) is 0 Å². The summed E-state index contributed by atoms with van der Waals surface area (Å²) in [5.41, 5.74) is 4.93. The van der Waals surface area contributed by atoms with Crippen LogP contribution >= 0.6 is 0 Å². The summed E-state index contributed by atoms with van der Waals surface area (Å²) >= 11 is 0. The predicted molar refractivity (Wildman–Crippen MR) is 125 cm³/mol. The van der Waals surface area contributed by atoms with Gasteiger partial charge >= 0.3 is 0 Å². The highest BCUT2D eigenvalue weighted by molar-refractivity contribution is 5.91. The van der Waals surface area contributed by atoms with E-state index >= 15 is 0 Å². The van der Waals surface area contributed by atoms with Gasteiger partial charge in [0.2, 0.25) is 11.9 Å². The minimum Gasteiger partial charge on any atom is -0.310 e. The smallest absolute Gasteiger partial charge is 0.255 e. The van der Waals surface area contributed by atoms with Crippen LogP contribution in [0.3, 0.4) is 0 Å². The molecule has 0 saturated carbocycles. The van der Waals surface area contributed by atoms with Crippen LogP contribution in [0.15, 0.2) is 65.5 Å². The highest BCUT2D eigenvalue weighted by Crippen LogP contribution is 2.20. The predicted octanol–water partition coefficient (Wildman–Crippen LogP) is 3.98. The molecule has 1 amide bonds. The Balaban J connectivity index is 1.52. The van der Waals surface area contributed by atoms with Crippen molar-refractivity contribution in [2.45, 2.75) is 33.6 Å². The van der Waals surface area contributed by atoms with Crippen molar-refractivity contribution in [1.29, 1.82) is 0 Å². The van der Waals surface area contributed by atoms with E-state index in [0.717, 1.165) is 16.7 Å². The summed E-state index contributed by atoms with van der Waals surface area (Å²) in [4.78, 5) is 32.3. The van der Waals surface area contributed by atoms with Gasteiger partial charge in [-0.15, -0.1) is 0 Å². The van der Waals surface area contributed by atoms with Crippen molar-refractivity contribution < 1.29 is 4.79 Å². The zero-order valence-corrected chi connectivity index (χ0v) is 18.3. The summed E-state index contributed by atoms with van der Waals surface area (Å²) in [6.07, 6.45) is 0.816. The summed E-state index contributed by atoms with van der Waals surface area (Å²) in [7, 11) is 0. The summed E-state index contributed by atoms with van der Waals surface area (Å²) in [5.74, 6) is 0.559. The van der Waals surface area contributed by atoms with E-state index in [1.165, 1.54) is 4.68 Å². The molecular weight excluding hydrogens is 402 g/mol. The Hall–Kier alpha value is -4.00. The first-order valence-corrected chi connectivity index (χ1v) is 10.6. The van der Waals surface area contributed by atoms with Gasteiger partial charge in [0, 0.05) is 17.3 Å². The number of aromatic nitrogens is 4. The van der Waals surface area contributed by atoms with Gasteiger partial charge in [0.1, 0.15) is 5.82 Å². The van der Waals surface area contributed by atoms with E-state index in [9.17, 15) is 9.59 Å². The van der Waals surface area contributed by atoms with Crippen LogP contribution in [0, 0.1) is 13.8 Å². The molecule has 0 radical (unpaired) electrons. The fraction of sp³-hybridized carbons (Fsp3) is 0.200. The Labute approximate surface area is 186 Å². The maximum atomic E-state index is 12.7. The normalized spacial score (nSPS) is 10.8. The number of carbonyl (C=O) groups excluding carboxylic acids is 1. The minimum absolute atomic E-state index is 0.178. The molecule has 0 bridgehead atoms. The number of aryl methyl sites for hydroxylation is 2. The zero-order valence-electron chi connectivity index (χ0n) is 18.3. The van der Waals surface area contributed by atoms with Crippen LogP contribution in [0.5, 0.6) is 0 Å². The lowest BCUT2D eigenvalue weighted by Gasteiger charge is -2.10. The van der Waals surface area contributed by atoms with Crippen molar-refractivity contribution in [3.63, 3.8) is 0 Å². The Morgan fingerprint density at radius 3 is 2.38 bits per heavy atom. The summed E-state index contributed by atoms with van der Waals surface area (Å²) in [5, 5.41) is 7.28. The molecular formula is C25H25N5O2. The van der Waals surface area contributed by atoms with Crippen LogP contribution in [-0.2, 0) is 17.6 Å². The van der Waals surface area contributed by atoms with Gasteiger partial charge < -0.3 is 5.32 Å². The third-order valence-corrected chi connectivity index (χ3v) is 5.29. The second-order valence-corrected chi connectivity index (χ2v) is 7.68. The second-order valence-electron chi connectivity index (χ2n) is 7.68. The standard InChI is InChI=1S/C25H25N5O2/c1-4-21-17(3)26-25(28-24(21)32)30-22(14-16(2)29-30)27-23(31)15-18-10-12-20(13-11-18)19-8-6-5-7-9-19/h5-14H,4,15H2,1-3H3,(H,27,31)(H,26,28,32). The summed E-state index contributed by atoms with van der Waals surface area (Å²) in [6.45, 7) is 5.53. The lowest BCUT2D eigenvalue weighted by molar-refractivity contribution is -0.115. The van der Waals surface area contributed by atoms with Crippen molar-refractivity contribution in [1.82, 2.24) is 19.7 Å². The molecule has 7 nitrogen and oxygen atoms in total. The number of hydrogen-bond donors (Lipinski definition) is 2.